The smallest absolute Gasteiger partial charge is 0.193 e. The maximum absolute atomic E-state index is 11.0. The van der Waals surface area contributed by atoms with E-state index in [0.717, 1.165) is 0 Å². The molecule has 0 aliphatic heterocycles. The summed E-state index contributed by atoms with van der Waals surface area (Å²) in [5.41, 5.74) is 0.704. The highest BCUT2D eigenvalue weighted by molar-refractivity contribution is 7.84. The van der Waals surface area contributed by atoms with Crippen molar-refractivity contribution in [3.05, 3.63) is 10.7 Å². The predicted molar refractivity (Wildman–Crippen MR) is 22.6 cm³/mol. The van der Waals surface area contributed by atoms with Gasteiger partial charge in [-0.25, -0.2) is 0 Å². The maximum Gasteiger partial charge on any atom is 0.197 e. The summed E-state index contributed by atoms with van der Waals surface area (Å²) in [6.45, 7) is 0. The summed E-state index contributed by atoms with van der Waals surface area (Å²) in [6.07, 6.45) is 0. The van der Waals surface area contributed by atoms with Crippen LogP contribution in [0.15, 0.2) is 10.7 Å². The Balaban J connectivity index is 3.14. The van der Waals surface area contributed by atoms with Gasteiger partial charge in [-0.15, -0.1) is 0 Å². The first-order valence-electron chi connectivity index (χ1n) is 0.900. The number of rotatable bonds is 0. The van der Waals surface area contributed by atoms with Crippen LogP contribution in [0.1, 0.15) is 0 Å². The fraction of sp³-hybridized carbons (Fsp3) is 0. The predicted octanol–water partition coefficient (Wildman–Crippen LogP) is 2.19. The molecule has 0 saturated carbocycles. The highest BCUT2D eigenvalue weighted by Gasteiger charge is 1.73. The third-order valence-corrected chi connectivity index (χ3v) is 0.525. The van der Waals surface area contributed by atoms with E-state index < -0.39 is 5.16 Å². The number of hydrogen-bond acceptors (Lipinski definition) is 0. The normalized spacial score (nSPS) is 12.0. The van der Waals surface area contributed by atoms with Crippen molar-refractivity contribution < 1.29 is 4.39 Å². The molecule has 0 saturated heterocycles. The molecule has 0 aromatic heterocycles. The van der Waals surface area contributed by atoms with Crippen molar-refractivity contribution in [1.29, 1.82) is 0 Å². The second kappa shape index (κ2) is 2.42. The molecule has 29 valence electrons. The van der Waals surface area contributed by atoms with Gasteiger partial charge in [0.2, 0.25) is 0 Å². The van der Waals surface area contributed by atoms with E-state index >= 15 is 0 Å². The summed E-state index contributed by atoms with van der Waals surface area (Å²) >= 11 is 8.54. The van der Waals surface area contributed by atoms with E-state index in [0.29, 0.717) is 5.54 Å². The first-order valence-corrected chi connectivity index (χ1v) is 1.74. The van der Waals surface area contributed by atoms with Gasteiger partial charge in [0.25, 0.3) is 0 Å². The molecule has 0 nitrogen and oxygen atoms in total. The maximum atomic E-state index is 11.0. The molecule has 0 N–H and O–H groups in total. The monoisotopic (exact) mass is 111 g/mol. The van der Waals surface area contributed by atoms with E-state index in [4.69, 9.17) is 11.6 Å². The van der Waals surface area contributed by atoms with Gasteiger partial charge in [-0.05, 0) is 12.6 Å². The van der Waals surface area contributed by atoms with Crippen molar-refractivity contribution in [2.24, 2.45) is 0 Å². The largest absolute Gasteiger partial charge is 0.197 e. The standard InChI is InChI=1S/C2HClFS/c3-1-2(4)5/h1H/b2-1+. The summed E-state index contributed by atoms with van der Waals surface area (Å²) < 4.78 is 11.0. The van der Waals surface area contributed by atoms with Crippen LogP contribution in [0.3, 0.4) is 0 Å². The topological polar surface area (TPSA) is 0 Å². The van der Waals surface area contributed by atoms with Gasteiger partial charge in [0, 0.05) is 0 Å². The van der Waals surface area contributed by atoms with Crippen molar-refractivity contribution in [2.45, 2.75) is 0 Å². The minimum Gasteiger partial charge on any atom is -0.193 e. The fourth-order valence-electron chi connectivity index (χ4n) is 0. The molecule has 0 unspecified atom stereocenters. The van der Waals surface area contributed by atoms with Gasteiger partial charge >= 0.3 is 0 Å². The lowest BCUT2D eigenvalue weighted by atomic mass is 11.2. The Morgan fingerprint density at radius 3 is 2.20 bits per heavy atom. The van der Waals surface area contributed by atoms with Gasteiger partial charge < -0.3 is 0 Å². The summed E-state index contributed by atoms with van der Waals surface area (Å²) in [5.74, 6) is 0. The third-order valence-electron chi connectivity index (χ3n) is 0.0858. The second-order valence-electron chi connectivity index (χ2n) is 0.413. The molecule has 0 heterocycles. The Hall–Kier alpha value is 0.180. The molecule has 0 rings (SSSR count). The molecule has 3 heteroatoms. The molecule has 5 heavy (non-hydrogen) atoms. The van der Waals surface area contributed by atoms with Crippen LogP contribution in [0.2, 0.25) is 0 Å². The minimum absolute atomic E-state index is 0.704. The summed E-state index contributed by atoms with van der Waals surface area (Å²) in [6, 6.07) is 0. The Kier molecular flexibility index (Phi) is 2.51. The van der Waals surface area contributed by atoms with E-state index in [-0.39, 0.29) is 0 Å². The molecule has 1 radical (unpaired) electrons. The van der Waals surface area contributed by atoms with Crippen molar-refractivity contribution in [3.8, 4) is 0 Å². The van der Waals surface area contributed by atoms with Gasteiger partial charge in [-0.2, -0.15) is 4.39 Å². The van der Waals surface area contributed by atoms with E-state index in [1.165, 1.54) is 0 Å². The quantitative estimate of drug-likeness (QED) is 0.450. The zero-order valence-electron chi connectivity index (χ0n) is 2.24. The molecular weight excluding hydrogens is 111 g/mol. The van der Waals surface area contributed by atoms with E-state index in [1.54, 1.807) is 0 Å². The van der Waals surface area contributed by atoms with Crippen LogP contribution in [0, 0.1) is 0 Å². The first-order chi connectivity index (χ1) is 2.27. The van der Waals surface area contributed by atoms with Crippen molar-refractivity contribution >= 4 is 24.2 Å². The Labute approximate surface area is 40.0 Å². The molecule has 0 spiro atoms. The van der Waals surface area contributed by atoms with Crippen LogP contribution < -0.4 is 0 Å². The van der Waals surface area contributed by atoms with Crippen molar-refractivity contribution in [3.63, 3.8) is 0 Å². The molecule has 0 aliphatic carbocycles. The lowest BCUT2D eigenvalue weighted by molar-refractivity contribution is 0.704. The van der Waals surface area contributed by atoms with Crippen LogP contribution >= 0.6 is 24.2 Å². The van der Waals surface area contributed by atoms with Crippen molar-refractivity contribution in [1.82, 2.24) is 0 Å². The Morgan fingerprint density at radius 2 is 2.20 bits per heavy atom. The van der Waals surface area contributed by atoms with Gasteiger partial charge in [0.05, 0.1) is 5.54 Å². The Bertz CT molecular complexity index is 47.6. The van der Waals surface area contributed by atoms with Crippen LogP contribution in [0.25, 0.3) is 0 Å². The van der Waals surface area contributed by atoms with E-state index in [1.807, 2.05) is 0 Å². The SMILES string of the molecule is F/C([S])=C\Cl. The van der Waals surface area contributed by atoms with Crippen LogP contribution in [0.5, 0.6) is 0 Å². The third kappa shape index (κ3) is 4.18. The van der Waals surface area contributed by atoms with Crippen LogP contribution in [0.4, 0.5) is 4.39 Å². The molecular formula is C2HClFS. The highest BCUT2D eigenvalue weighted by Crippen LogP contribution is 2.00. The number of hydrogen-bond donors (Lipinski definition) is 0. The highest BCUT2D eigenvalue weighted by atomic mass is 35.5. The van der Waals surface area contributed by atoms with Gasteiger partial charge in [0.15, 0.2) is 5.16 Å². The lowest BCUT2D eigenvalue weighted by Crippen LogP contribution is -1.37. The van der Waals surface area contributed by atoms with E-state index in [2.05, 4.69) is 12.6 Å². The molecule has 0 aliphatic rings. The molecule has 0 bridgehead atoms. The average molecular weight is 112 g/mol. The summed E-state index contributed by atoms with van der Waals surface area (Å²) in [7, 11) is 0. The molecule has 0 aromatic rings. The lowest BCUT2D eigenvalue weighted by Gasteiger charge is -1.62. The zero-order chi connectivity index (χ0) is 4.28. The van der Waals surface area contributed by atoms with Crippen LogP contribution in [-0.4, -0.2) is 0 Å². The fourth-order valence-corrected chi connectivity index (χ4v) is 0. The number of halogens is 2. The summed E-state index contributed by atoms with van der Waals surface area (Å²) in [4.78, 5) is 0. The second-order valence-corrected chi connectivity index (χ2v) is 1.02. The Morgan fingerprint density at radius 1 is 2.00 bits per heavy atom. The first kappa shape index (κ1) is 5.18. The molecule has 0 atom stereocenters. The summed E-state index contributed by atoms with van der Waals surface area (Å²) in [5, 5.41) is -0.772. The average Bonchev–Trinajstić information content (AvgIpc) is 1.38. The van der Waals surface area contributed by atoms with Gasteiger partial charge in [-0.1, -0.05) is 11.6 Å². The van der Waals surface area contributed by atoms with Crippen LogP contribution in [-0.2, 0) is 0 Å². The molecule has 0 fully saturated rings. The molecule has 0 aromatic carbocycles. The zero-order valence-corrected chi connectivity index (χ0v) is 3.81. The van der Waals surface area contributed by atoms with Crippen molar-refractivity contribution in [2.75, 3.05) is 0 Å². The van der Waals surface area contributed by atoms with Gasteiger partial charge in [-0.3, -0.25) is 0 Å². The minimum atomic E-state index is -0.772. The molecule has 0 amide bonds. The van der Waals surface area contributed by atoms with E-state index in [9.17, 15) is 4.39 Å². The van der Waals surface area contributed by atoms with Gasteiger partial charge in [0.1, 0.15) is 0 Å².